The molecule has 5 atom stereocenters. The lowest BCUT2D eigenvalue weighted by molar-refractivity contribution is 0.0532. The molecule has 1 aromatic carbocycles. The van der Waals surface area contributed by atoms with Crippen molar-refractivity contribution in [2.75, 3.05) is 13.2 Å². The Hall–Kier alpha value is -1.06. The highest BCUT2D eigenvalue weighted by molar-refractivity contribution is 5.30. The van der Waals surface area contributed by atoms with Gasteiger partial charge in [0.15, 0.2) is 0 Å². The maximum absolute atomic E-state index is 10.8. The average Bonchev–Trinajstić information content (AvgIpc) is 3.12. The lowest BCUT2D eigenvalue weighted by Crippen LogP contribution is -2.35. The SMILES string of the molecule is CCOc1ccc(C(CN)C(O)C2CC3CCC2C3)cc1. The normalized spacial score (nSPS) is 30.3. The summed E-state index contributed by atoms with van der Waals surface area (Å²) in [6.45, 7) is 3.16. The summed E-state index contributed by atoms with van der Waals surface area (Å²) in [5.41, 5.74) is 7.11. The van der Waals surface area contributed by atoms with Gasteiger partial charge in [0.05, 0.1) is 12.7 Å². The van der Waals surface area contributed by atoms with Crippen LogP contribution in [0.3, 0.4) is 0 Å². The Morgan fingerprint density at radius 2 is 2.00 bits per heavy atom. The highest BCUT2D eigenvalue weighted by Gasteiger charge is 2.44. The van der Waals surface area contributed by atoms with Crippen LogP contribution >= 0.6 is 0 Å². The number of fused-ring (bicyclic) bond motifs is 2. The van der Waals surface area contributed by atoms with Crippen molar-refractivity contribution >= 4 is 0 Å². The van der Waals surface area contributed by atoms with E-state index in [1.807, 2.05) is 19.1 Å². The van der Waals surface area contributed by atoms with Crippen LogP contribution < -0.4 is 10.5 Å². The van der Waals surface area contributed by atoms with E-state index in [0.717, 1.165) is 23.1 Å². The van der Waals surface area contributed by atoms with E-state index in [9.17, 15) is 5.11 Å². The molecule has 2 bridgehead atoms. The van der Waals surface area contributed by atoms with Gasteiger partial charge in [-0.2, -0.15) is 0 Å². The van der Waals surface area contributed by atoms with Crippen LogP contribution in [-0.4, -0.2) is 24.4 Å². The molecule has 2 fully saturated rings. The summed E-state index contributed by atoms with van der Waals surface area (Å²) in [5.74, 6) is 2.95. The van der Waals surface area contributed by atoms with Crippen LogP contribution in [0.5, 0.6) is 5.75 Å². The lowest BCUT2D eigenvalue weighted by Gasteiger charge is -2.32. The number of rotatable bonds is 6. The molecule has 2 aliphatic carbocycles. The summed E-state index contributed by atoms with van der Waals surface area (Å²) in [5, 5.41) is 10.8. The van der Waals surface area contributed by atoms with Gasteiger partial charge in [0.1, 0.15) is 5.75 Å². The molecule has 0 radical (unpaired) electrons. The molecule has 3 nitrogen and oxygen atoms in total. The van der Waals surface area contributed by atoms with Crippen molar-refractivity contribution in [3.63, 3.8) is 0 Å². The standard InChI is InChI=1S/C18H27NO2/c1-2-21-15-7-5-13(6-8-15)17(11-19)18(20)16-10-12-3-4-14(16)9-12/h5-8,12,14,16-18,20H,2-4,9-11,19H2,1H3. The first-order chi connectivity index (χ1) is 10.2. The first kappa shape index (κ1) is 14.9. The van der Waals surface area contributed by atoms with Crippen molar-refractivity contribution in [3.8, 4) is 5.75 Å². The van der Waals surface area contributed by atoms with Gasteiger partial charge in [-0.25, -0.2) is 0 Å². The number of nitrogens with two attached hydrogens (primary N) is 1. The largest absolute Gasteiger partial charge is 0.494 e. The van der Waals surface area contributed by atoms with Gasteiger partial charge in [0, 0.05) is 12.5 Å². The number of aliphatic hydroxyl groups excluding tert-OH is 1. The van der Waals surface area contributed by atoms with Crippen LogP contribution in [-0.2, 0) is 0 Å². The minimum atomic E-state index is -0.303. The van der Waals surface area contributed by atoms with Crippen molar-refractivity contribution in [3.05, 3.63) is 29.8 Å². The number of hydrogen-bond acceptors (Lipinski definition) is 3. The maximum Gasteiger partial charge on any atom is 0.119 e. The Labute approximate surface area is 127 Å². The Morgan fingerprint density at radius 1 is 1.24 bits per heavy atom. The van der Waals surface area contributed by atoms with Crippen molar-refractivity contribution in [1.82, 2.24) is 0 Å². The third kappa shape index (κ3) is 2.95. The third-order valence-corrected chi connectivity index (χ3v) is 5.52. The van der Waals surface area contributed by atoms with Crippen LogP contribution in [0.2, 0.25) is 0 Å². The Bertz CT molecular complexity index is 459. The van der Waals surface area contributed by atoms with E-state index in [1.54, 1.807) is 0 Å². The molecule has 3 heteroatoms. The smallest absolute Gasteiger partial charge is 0.119 e. The fraction of sp³-hybridized carbons (Fsp3) is 0.667. The fourth-order valence-corrected chi connectivity index (χ4v) is 4.46. The molecule has 0 aromatic heterocycles. The predicted molar refractivity (Wildman–Crippen MR) is 84.4 cm³/mol. The fourth-order valence-electron chi connectivity index (χ4n) is 4.46. The highest BCUT2D eigenvalue weighted by Crippen LogP contribution is 2.51. The van der Waals surface area contributed by atoms with E-state index in [0.29, 0.717) is 19.1 Å². The molecule has 0 heterocycles. The van der Waals surface area contributed by atoms with Crippen LogP contribution in [0.4, 0.5) is 0 Å². The van der Waals surface area contributed by atoms with Crippen LogP contribution in [0.15, 0.2) is 24.3 Å². The quantitative estimate of drug-likeness (QED) is 0.846. The monoisotopic (exact) mass is 289 g/mol. The number of aliphatic hydroxyl groups is 1. The second-order valence-corrected chi connectivity index (χ2v) is 6.67. The van der Waals surface area contributed by atoms with Crippen LogP contribution in [0, 0.1) is 17.8 Å². The maximum atomic E-state index is 10.8. The molecule has 3 rings (SSSR count). The second kappa shape index (κ2) is 6.37. The predicted octanol–water partition coefficient (Wildman–Crippen LogP) is 2.92. The summed E-state index contributed by atoms with van der Waals surface area (Å²) >= 11 is 0. The average molecular weight is 289 g/mol. The van der Waals surface area contributed by atoms with E-state index in [4.69, 9.17) is 10.5 Å². The molecule has 0 spiro atoms. The second-order valence-electron chi connectivity index (χ2n) is 6.67. The van der Waals surface area contributed by atoms with Crippen molar-refractivity contribution in [2.24, 2.45) is 23.5 Å². The highest BCUT2D eigenvalue weighted by atomic mass is 16.5. The molecule has 3 N–H and O–H groups in total. The Kier molecular flexibility index (Phi) is 4.51. The zero-order valence-electron chi connectivity index (χ0n) is 12.9. The van der Waals surface area contributed by atoms with E-state index in [1.165, 1.54) is 25.7 Å². The van der Waals surface area contributed by atoms with E-state index in [2.05, 4.69) is 12.1 Å². The van der Waals surface area contributed by atoms with Gasteiger partial charge in [0.25, 0.3) is 0 Å². The number of hydrogen-bond donors (Lipinski definition) is 2. The summed E-state index contributed by atoms with van der Waals surface area (Å²) in [6, 6.07) is 8.07. The van der Waals surface area contributed by atoms with E-state index in [-0.39, 0.29) is 12.0 Å². The summed E-state index contributed by atoms with van der Waals surface area (Å²) in [4.78, 5) is 0. The molecule has 2 aliphatic rings. The first-order valence-corrected chi connectivity index (χ1v) is 8.33. The van der Waals surface area contributed by atoms with Gasteiger partial charge in [-0.3, -0.25) is 0 Å². The van der Waals surface area contributed by atoms with Crippen molar-refractivity contribution in [1.29, 1.82) is 0 Å². The lowest BCUT2D eigenvalue weighted by atomic mass is 9.77. The summed E-state index contributed by atoms with van der Waals surface area (Å²) < 4.78 is 5.48. The number of ether oxygens (including phenoxy) is 1. The number of benzene rings is 1. The van der Waals surface area contributed by atoms with Crippen LogP contribution in [0.1, 0.15) is 44.1 Å². The molecule has 1 aromatic rings. The van der Waals surface area contributed by atoms with Crippen molar-refractivity contribution < 1.29 is 9.84 Å². The molecule has 116 valence electrons. The van der Waals surface area contributed by atoms with E-state index >= 15 is 0 Å². The Morgan fingerprint density at radius 3 is 2.52 bits per heavy atom. The molecule has 5 unspecified atom stereocenters. The molecular formula is C18H27NO2. The Balaban J connectivity index is 1.71. The topological polar surface area (TPSA) is 55.5 Å². The zero-order chi connectivity index (χ0) is 14.8. The van der Waals surface area contributed by atoms with E-state index < -0.39 is 0 Å². The summed E-state index contributed by atoms with van der Waals surface area (Å²) in [7, 11) is 0. The molecule has 0 amide bonds. The first-order valence-electron chi connectivity index (χ1n) is 8.33. The molecule has 2 saturated carbocycles. The minimum Gasteiger partial charge on any atom is -0.494 e. The molecule has 0 aliphatic heterocycles. The van der Waals surface area contributed by atoms with Gasteiger partial charge < -0.3 is 15.6 Å². The summed E-state index contributed by atoms with van der Waals surface area (Å²) in [6.07, 6.45) is 4.88. The van der Waals surface area contributed by atoms with Crippen molar-refractivity contribution in [2.45, 2.75) is 44.6 Å². The van der Waals surface area contributed by atoms with Gasteiger partial charge in [-0.15, -0.1) is 0 Å². The minimum absolute atomic E-state index is 0.0463. The zero-order valence-corrected chi connectivity index (χ0v) is 12.9. The van der Waals surface area contributed by atoms with Gasteiger partial charge in [-0.1, -0.05) is 18.6 Å². The van der Waals surface area contributed by atoms with Crippen LogP contribution in [0.25, 0.3) is 0 Å². The van der Waals surface area contributed by atoms with Gasteiger partial charge in [0.2, 0.25) is 0 Å². The molecule has 0 saturated heterocycles. The third-order valence-electron chi connectivity index (χ3n) is 5.52. The van der Waals surface area contributed by atoms with Gasteiger partial charge in [-0.05, 0) is 61.6 Å². The molecule has 21 heavy (non-hydrogen) atoms. The molecular weight excluding hydrogens is 262 g/mol. The van der Waals surface area contributed by atoms with Gasteiger partial charge >= 0.3 is 0 Å².